The molecule has 4 rings (SSSR count). The largest absolute Gasteiger partial charge is 0.478 e. The van der Waals surface area contributed by atoms with Gasteiger partial charge in [-0.05, 0) is 29.8 Å². The third kappa shape index (κ3) is 5.70. The lowest BCUT2D eigenvalue weighted by atomic mass is 10.0. The number of nitriles is 1. The highest BCUT2D eigenvalue weighted by Crippen LogP contribution is 2.41. The zero-order valence-corrected chi connectivity index (χ0v) is 23.1. The second-order valence-electron chi connectivity index (χ2n) is 8.60. The van der Waals surface area contributed by atoms with Crippen LogP contribution in [0.2, 0.25) is 0 Å². The maximum Gasteiger partial charge on any atom is 0.352 e. The van der Waals surface area contributed by atoms with E-state index in [0.717, 1.165) is 28.0 Å². The molecule has 0 spiro atoms. The number of β-lactam (4-membered cyclic amide) rings is 1. The number of thiazole rings is 1. The molecule has 20 heteroatoms. The molecule has 2 aromatic rings. The molecule has 1 unspecified atom stereocenters. The number of aliphatic carboxylic acids is 2. The number of nitrogens with zero attached hydrogens (tertiary/aromatic N) is 8. The van der Waals surface area contributed by atoms with Crippen LogP contribution in [0.5, 0.6) is 0 Å². The van der Waals surface area contributed by atoms with E-state index in [-0.39, 0.29) is 34.6 Å². The Morgan fingerprint density at radius 3 is 2.77 bits per heavy atom. The van der Waals surface area contributed by atoms with Crippen LogP contribution in [-0.4, -0.2) is 98.3 Å². The van der Waals surface area contributed by atoms with E-state index in [0.29, 0.717) is 10.7 Å². The molecule has 1 saturated heterocycles. The molecule has 2 aliphatic heterocycles. The summed E-state index contributed by atoms with van der Waals surface area (Å²) in [6, 6.07) is 0.821. The first-order valence-electron chi connectivity index (χ1n) is 11.1. The zero-order chi connectivity index (χ0) is 29.2. The molecular weight excluding hydrogens is 588 g/mol. The summed E-state index contributed by atoms with van der Waals surface area (Å²) in [4.78, 5) is 59.9. The van der Waals surface area contributed by atoms with Crippen molar-refractivity contribution in [2.45, 2.75) is 42.6 Å². The van der Waals surface area contributed by atoms with Crippen molar-refractivity contribution in [3.05, 3.63) is 22.3 Å². The number of carbonyl (C=O) groups is 4. The average Bonchev–Trinajstić information content (AvgIpc) is 3.54. The number of carbonyl (C=O) groups excluding carboxylic acids is 2. The Morgan fingerprint density at radius 1 is 1.40 bits per heavy atom. The van der Waals surface area contributed by atoms with Gasteiger partial charge in [-0.15, -0.1) is 28.2 Å². The number of hydrogen-bond donors (Lipinski definition) is 4. The number of fused-ring (bicyclic) bond motifs is 1. The van der Waals surface area contributed by atoms with E-state index < -0.39 is 46.5 Å². The normalized spacial score (nSPS) is 19.0. The Balaban J connectivity index is 1.51. The van der Waals surface area contributed by atoms with Crippen LogP contribution in [0, 0.1) is 11.3 Å². The molecule has 5 N–H and O–H groups in total. The SMILES string of the molecule is CC(C)(O/N=C(/C(=O)NC1C(=O)N2C(C(=O)O)=C(CSc3nnnn3CC#N)CS[C@H]12)c1csc(N)n1)C(=O)O. The third-order valence-corrected chi connectivity index (χ3v) is 8.55. The van der Waals surface area contributed by atoms with E-state index in [4.69, 9.17) is 15.8 Å². The standard InChI is InChI=1S/C20H20N10O7S3/c1-20(2,17(35)36)37-26-10(9-7-39-18(22)23-9)13(31)24-11-14(32)30-12(16(33)34)8(5-38-15(11)30)6-40-19-25-27-28-29(19)4-3-21/h7,11,15H,4-6H2,1-2H3,(H2,22,23)(H,24,31)(H,33,34)(H,35,36)/b26-10+/t11?,15-/m1/s1. The van der Waals surface area contributed by atoms with E-state index in [1.807, 2.05) is 6.07 Å². The van der Waals surface area contributed by atoms with Crippen LogP contribution in [0.15, 0.2) is 27.0 Å². The van der Waals surface area contributed by atoms with Crippen LogP contribution in [0.3, 0.4) is 0 Å². The van der Waals surface area contributed by atoms with Crippen molar-refractivity contribution in [2.24, 2.45) is 5.16 Å². The Morgan fingerprint density at radius 2 is 2.15 bits per heavy atom. The molecule has 0 radical (unpaired) electrons. The van der Waals surface area contributed by atoms with Crippen molar-refractivity contribution in [3.63, 3.8) is 0 Å². The number of aromatic nitrogens is 5. The molecule has 2 aliphatic rings. The maximum absolute atomic E-state index is 13.2. The van der Waals surface area contributed by atoms with Crippen LogP contribution in [-0.2, 0) is 30.6 Å². The van der Waals surface area contributed by atoms with Crippen molar-refractivity contribution in [3.8, 4) is 6.07 Å². The fourth-order valence-electron chi connectivity index (χ4n) is 3.42. The summed E-state index contributed by atoms with van der Waals surface area (Å²) in [6.07, 6.45) is 0. The van der Waals surface area contributed by atoms with Crippen molar-refractivity contribution in [1.29, 1.82) is 5.26 Å². The predicted molar refractivity (Wildman–Crippen MR) is 140 cm³/mol. The Kier molecular flexibility index (Phi) is 8.26. The highest BCUT2D eigenvalue weighted by molar-refractivity contribution is 8.01. The maximum atomic E-state index is 13.2. The van der Waals surface area contributed by atoms with Gasteiger partial charge in [0.15, 0.2) is 10.8 Å². The molecule has 2 aromatic heterocycles. The van der Waals surface area contributed by atoms with Gasteiger partial charge in [0.2, 0.25) is 10.8 Å². The molecule has 4 heterocycles. The lowest BCUT2D eigenvalue weighted by molar-refractivity contribution is -0.161. The first-order chi connectivity index (χ1) is 18.9. The second kappa shape index (κ2) is 11.5. The Bertz CT molecular complexity index is 1480. The van der Waals surface area contributed by atoms with Gasteiger partial charge in [0.25, 0.3) is 11.8 Å². The summed E-state index contributed by atoms with van der Waals surface area (Å²) in [6.45, 7) is 2.38. The monoisotopic (exact) mass is 608 g/mol. The number of nitrogens with two attached hydrogens (primary N) is 1. The van der Waals surface area contributed by atoms with E-state index in [2.05, 4.69) is 31.0 Å². The molecule has 1 fully saturated rings. The van der Waals surface area contributed by atoms with E-state index in [1.165, 1.54) is 35.7 Å². The van der Waals surface area contributed by atoms with E-state index >= 15 is 0 Å². The van der Waals surface area contributed by atoms with Crippen LogP contribution in [0.4, 0.5) is 5.13 Å². The first-order valence-corrected chi connectivity index (χ1v) is 14.0. The van der Waals surface area contributed by atoms with E-state index in [1.54, 1.807) is 0 Å². The average molecular weight is 609 g/mol. The van der Waals surface area contributed by atoms with Crippen LogP contribution >= 0.6 is 34.9 Å². The summed E-state index contributed by atoms with van der Waals surface area (Å²) in [5.41, 5.74) is 3.71. The molecule has 2 atom stereocenters. The summed E-state index contributed by atoms with van der Waals surface area (Å²) in [7, 11) is 0. The van der Waals surface area contributed by atoms with Crippen LogP contribution in [0.1, 0.15) is 19.5 Å². The third-order valence-electron chi connectivity index (χ3n) is 5.49. The number of thioether (sulfide) groups is 2. The van der Waals surface area contributed by atoms with Gasteiger partial charge in [-0.3, -0.25) is 14.5 Å². The molecule has 40 heavy (non-hydrogen) atoms. The molecule has 2 amide bonds. The number of nitrogens with one attached hydrogen (secondary N) is 1. The molecule has 0 aromatic carbocycles. The summed E-state index contributed by atoms with van der Waals surface area (Å²) < 4.78 is 1.27. The van der Waals surface area contributed by atoms with Crippen LogP contribution in [0.25, 0.3) is 0 Å². The quantitative estimate of drug-likeness (QED) is 0.107. The van der Waals surface area contributed by atoms with Crippen molar-refractivity contribution in [2.75, 3.05) is 17.2 Å². The fraction of sp³-hybridized carbons (Fsp3) is 0.400. The molecule has 210 valence electrons. The van der Waals surface area contributed by atoms with Gasteiger partial charge in [-0.1, -0.05) is 16.9 Å². The number of hydrogen-bond acceptors (Lipinski definition) is 15. The van der Waals surface area contributed by atoms with Gasteiger partial charge in [-0.25, -0.2) is 19.3 Å². The smallest absolute Gasteiger partial charge is 0.352 e. The van der Waals surface area contributed by atoms with Gasteiger partial charge >= 0.3 is 11.9 Å². The first kappa shape index (κ1) is 28.8. The van der Waals surface area contributed by atoms with Crippen LogP contribution < -0.4 is 11.1 Å². The van der Waals surface area contributed by atoms with E-state index in [9.17, 15) is 29.4 Å². The molecule has 0 bridgehead atoms. The fourth-order valence-corrected chi connectivity index (χ4v) is 6.33. The number of carboxylic acids is 2. The summed E-state index contributed by atoms with van der Waals surface area (Å²) in [5, 5.41) is 46.4. The van der Waals surface area contributed by atoms with Gasteiger partial charge in [0.1, 0.15) is 29.4 Å². The van der Waals surface area contributed by atoms with Gasteiger partial charge < -0.3 is 26.1 Å². The number of rotatable bonds is 11. The van der Waals surface area contributed by atoms with Gasteiger partial charge in [0.05, 0.1) is 6.07 Å². The minimum absolute atomic E-state index is 0.00489. The molecular formula is C20H20N10O7S3. The summed E-state index contributed by atoms with van der Waals surface area (Å²) in [5.74, 6) is -3.83. The minimum atomic E-state index is -1.77. The van der Waals surface area contributed by atoms with Crippen molar-refractivity contribution < 1.29 is 34.2 Å². The topological polar surface area (TPSA) is 252 Å². The lowest BCUT2D eigenvalue weighted by Gasteiger charge is -2.49. The Labute approximate surface area is 237 Å². The highest BCUT2D eigenvalue weighted by Gasteiger charge is 2.54. The van der Waals surface area contributed by atoms with Gasteiger partial charge in [0, 0.05) is 16.9 Å². The molecule has 0 saturated carbocycles. The minimum Gasteiger partial charge on any atom is -0.478 e. The molecule has 0 aliphatic carbocycles. The number of oxime groups is 1. The summed E-state index contributed by atoms with van der Waals surface area (Å²) >= 11 is 3.37. The number of nitrogen functional groups attached to an aromatic ring is 1. The second-order valence-corrected chi connectivity index (χ2v) is 11.5. The zero-order valence-electron chi connectivity index (χ0n) is 20.7. The highest BCUT2D eigenvalue weighted by atomic mass is 32.2. The lowest BCUT2D eigenvalue weighted by Crippen LogP contribution is -2.71. The predicted octanol–water partition coefficient (Wildman–Crippen LogP) is -0.650. The van der Waals surface area contributed by atoms with Crippen molar-refractivity contribution >= 4 is 69.5 Å². The van der Waals surface area contributed by atoms with Crippen molar-refractivity contribution in [1.82, 2.24) is 35.4 Å². The number of anilines is 1. The number of amides is 2. The number of carboxylic acid groups (broad SMARTS) is 2. The number of tetrazole rings is 1. The van der Waals surface area contributed by atoms with Gasteiger partial charge in [-0.2, -0.15) is 5.26 Å². The Hall–Kier alpha value is -4.22. The molecule has 17 nitrogen and oxygen atoms in total.